The van der Waals surface area contributed by atoms with Crippen molar-refractivity contribution in [3.8, 4) is 0 Å². The molecule has 1 unspecified atom stereocenters. The summed E-state index contributed by atoms with van der Waals surface area (Å²) in [6, 6.07) is 0.761. The van der Waals surface area contributed by atoms with Gasteiger partial charge in [-0.1, -0.05) is 0 Å². The van der Waals surface area contributed by atoms with Gasteiger partial charge in [0.1, 0.15) is 0 Å². The van der Waals surface area contributed by atoms with Crippen LogP contribution in [0.5, 0.6) is 0 Å². The van der Waals surface area contributed by atoms with Gasteiger partial charge in [0.15, 0.2) is 5.13 Å². The first-order valence-corrected chi connectivity index (χ1v) is 9.48. The van der Waals surface area contributed by atoms with E-state index in [0.717, 1.165) is 38.8 Å². The second kappa shape index (κ2) is 7.73. The first kappa shape index (κ1) is 16.2. The van der Waals surface area contributed by atoms with Crippen molar-refractivity contribution >= 4 is 16.5 Å². The molecule has 2 aliphatic rings. The molecule has 22 heavy (non-hydrogen) atoms. The molecule has 2 aliphatic heterocycles. The lowest BCUT2D eigenvalue weighted by Gasteiger charge is -2.32. The number of hydrogen-bond donors (Lipinski definition) is 1. The fourth-order valence-electron chi connectivity index (χ4n) is 3.53. The van der Waals surface area contributed by atoms with Crippen LogP contribution in [-0.4, -0.2) is 73.2 Å². The summed E-state index contributed by atoms with van der Waals surface area (Å²) < 4.78 is 0. The Morgan fingerprint density at radius 1 is 1.27 bits per heavy atom. The summed E-state index contributed by atoms with van der Waals surface area (Å²) in [6.45, 7) is 14.7. The third kappa shape index (κ3) is 3.79. The molecule has 0 bridgehead atoms. The van der Waals surface area contributed by atoms with Crippen molar-refractivity contribution in [2.45, 2.75) is 32.9 Å². The average molecular weight is 324 g/mol. The van der Waals surface area contributed by atoms with E-state index in [-0.39, 0.29) is 0 Å². The minimum Gasteiger partial charge on any atom is -0.349 e. The number of nitrogens with zero attached hydrogens (tertiary/aromatic N) is 4. The number of likely N-dealkylation sites (tertiary alicyclic amines) is 1. The number of thiazole rings is 1. The Kier molecular flexibility index (Phi) is 5.68. The zero-order valence-electron chi connectivity index (χ0n) is 13.9. The largest absolute Gasteiger partial charge is 0.349 e. The van der Waals surface area contributed by atoms with E-state index in [2.05, 4.69) is 45.0 Å². The summed E-state index contributed by atoms with van der Waals surface area (Å²) in [5, 5.41) is 4.63. The van der Waals surface area contributed by atoms with Crippen LogP contribution in [0.25, 0.3) is 0 Å². The van der Waals surface area contributed by atoms with Crippen molar-refractivity contribution in [2.24, 2.45) is 0 Å². The molecule has 0 radical (unpaired) electrons. The smallest absolute Gasteiger partial charge is 0.185 e. The van der Waals surface area contributed by atoms with Crippen LogP contribution < -0.4 is 10.2 Å². The van der Waals surface area contributed by atoms with Crippen molar-refractivity contribution in [1.29, 1.82) is 0 Å². The summed E-state index contributed by atoms with van der Waals surface area (Å²) in [5.41, 5.74) is 0. The van der Waals surface area contributed by atoms with Crippen molar-refractivity contribution in [2.75, 3.05) is 57.3 Å². The molecule has 1 N–H and O–H groups in total. The van der Waals surface area contributed by atoms with Gasteiger partial charge in [-0.05, 0) is 20.3 Å². The Morgan fingerprint density at radius 3 is 2.77 bits per heavy atom. The molecular formula is C16H29N5S. The average Bonchev–Trinajstić information content (AvgIpc) is 3.20. The van der Waals surface area contributed by atoms with Gasteiger partial charge < -0.3 is 10.2 Å². The molecule has 0 saturated carbocycles. The predicted octanol–water partition coefficient (Wildman–Crippen LogP) is 1.47. The normalized spacial score (nSPS) is 24.0. The molecule has 0 spiro atoms. The molecule has 124 valence electrons. The Morgan fingerprint density at radius 2 is 2.05 bits per heavy atom. The van der Waals surface area contributed by atoms with E-state index in [1.54, 1.807) is 0 Å². The maximum atomic E-state index is 4.61. The molecule has 1 aromatic heterocycles. The van der Waals surface area contributed by atoms with E-state index < -0.39 is 0 Å². The van der Waals surface area contributed by atoms with Gasteiger partial charge in [0.05, 0.1) is 0 Å². The number of anilines is 1. The van der Waals surface area contributed by atoms with Crippen LogP contribution in [0.2, 0.25) is 0 Å². The summed E-state index contributed by atoms with van der Waals surface area (Å²) >= 11 is 1.86. The standard InChI is InChI=1S/C16H29N5S/c1-3-20(4-2)16-18-11-15(22-16)13-19-8-5-14(12-19)21-9-6-17-7-10-21/h11,14,17H,3-10,12-13H2,1-2H3. The third-order valence-corrected chi connectivity index (χ3v) is 5.91. The highest BCUT2D eigenvalue weighted by Crippen LogP contribution is 2.25. The molecule has 1 atom stereocenters. The van der Waals surface area contributed by atoms with Gasteiger partial charge in [-0.15, -0.1) is 11.3 Å². The molecule has 1 aromatic rings. The lowest BCUT2D eigenvalue weighted by Crippen LogP contribution is -2.49. The zero-order valence-corrected chi connectivity index (χ0v) is 14.7. The van der Waals surface area contributed by atoms with Gasteiger partial charge in [0.25, 0.3) is 0 Å². The lowest BCUT2D eigenvalue weighted by molar-refractivity contribution is 0.170. The third-order valence-electron chi connectivity index (χ3n) is 4.87. The van der Waals surface area contributed by atoms with Crippen LogP contribution in [0.4, 0.5) is 5.13 Å². The first-order chi connectivity index (χ1) is 10.8. The van der Waals surface area contributed by atoms with Crippen LogP contribution in [0.3, 0.4) is 0 Å². The van der Waals surface area contributed by atoms with E-state index in [1.807, 2.05) is 11.3 Å². The monoisotopic (exact) mass is 323 g/mol. The second-order valence-electron chi connectivity index (χ2n) is 6.25. The van der Waals surface area contributed by atoms with Gasteiger partial charge in [0, 0.05) is 76.0 Å². The number of rotatable bonds is 6. The quantitative estimate of drug-likeness (QED) is 0.858. The van der Waals surface area contributed by atoms with Gasteiger partial charge in [0.2, 0.25) is 0 Å². The van der Waals surface area contributed by atoms with E-state index in [0.29, 0.717) is 0 Å². The molecule has 0 aromatic carbocycles. The number of nitrogens with one attached hydrogen (secondary N) is 1. The lowest BCUT2D eigenvalue weighted by atomic mass is 10.2. The molecule has 5 nitrogen and oxygen atoms in total. The molecule has 0 aliphatic carbocycles. The Labute approximate surface area is 138 Å². The molecule has 3 heterocycles. The van der Waals surface area contributed by atoms with Gasteiger partial charge in [-0.2, -0.15) is 0 Å². The van der Waals surface area contributed by atoms with E-state index in [1.165, 1.54) is 42.6 Å². The second-order valence-corrected chi connectivity index (χ2v) is 7.34. The number of hydrogen-bond acceptors (Lipinski definition) is 6. The van der Waals surface area contributed by atoms with Gasteiger partial charge in [-0.3, -0.25) is 9.80 Å². The highest BCUT2D eigenvalue weighted by atomic mass is 32.1. The number of piperazine rings is 1. The van der Waals surface area contributed by atoms with E-state index in [4.69, 9.17) is 0 Å². The van der Waals surface area contributed by atoms with Crippen molar-refractivity contribution in [3.63, 3.8) is 0 Å². The maximum Gasteiger partial charge on any atom is 0.185 e. The summed E-state index contributed by atoms with van der Waals surface area (Å²) in [4.78, 5) is 13.6. The van der Waals surface area contributed by atoms with Gasteiger partial charge >= 0.3 is 0 Å². The molecule has 0 amide bonds. The maximum absolute atomic E-state index is 4.61. The van der Waals surface area contributed by atoms with Crippen molar-refractivity contribution < 1.29 is 0 Å². The van der Waals surface area contributed by atoms with E-state index in [9.17, 15) is 0 Å². The minimum atomic E-state index is 0.761. The summed E-state index contributed by atoms with van der Waals surface area (Å²) in [7, 11) is 0. The molecule has 6 heteroatoms. The van der Waals surface area contributed by atoms with Crippen LogP contribution in [0.1, 0.15) is 25.1 Å². The first-order valence-electron chi connectivity index (χ1n) is 8.67. The topological polar surface area (TPSA) is 34.6 Å². The zero-order chi connectivity index (χ0) is 15.4. The van der Waals surface area contributed by atoms with Crippen LogP contribution in [0, 0.1) is 0 Å². The molecule has 2 saturated heterocycles. The highest BCUT2D eigenvalue weighted by Gasteiger charge is 2.28. The Hall–Kier alpha value is -0.690. The Balaban J connectivity index is 1.51. The Bertz CT molecular complexity index is 453. The molecular weight excluding hydrogens is 294 g/mol. The predicted molar refractivity (Wildman–Crippen MR) is 93.8 cm³/mol. The highest BCUT2D eigenvalue weighted by molar-refractivity contribution is 7.15. The minimum absolute atomic E-state index is 0.761. The van der Waals surface area contributed by atoms with Crippen molar-refractivity contribution in [1.82, 2.24) is 20.1 Å². The van der Waals surface area contributed by atoms with E-state index >= 15 is 0 Å². The summed E-state index contributed by atoms with van der Waals surface area (Å²) in [6.07, 6.45) is 3.40. The van der Waals surface area contributed by atoms with Crippen LogP contribution in [-0.2, 0) is 6.54 Å². The van der Waals surface area contributed by atoms with Crippen LogP contribution >= 0.6 is 11.3 Å². The fourth-order valence-corrected chi connectivity index (χ4v) is 4.61. The van der Waals surface area contributed by atoms with Gasteiger partial charge in [-0.25, -0.2) is 4.98 Å². The SMILES string of the molecule is CCN(CC)c1ncc(CN2CCC(N3CCNCC3)C2)s1. The number of aromatic nitrogens is 1. The fraction of sp³-hybridized carbons (Fsp3) is 0.812. The molecule has 3 rings (SSSR count). The van der Waals surface area contributed by atoms with Crippen LogP contribution in [0.15, 0.2) is 6.20 Å². The molecule has 2 fully saturated rings. The van der Waals surface area contributed by atoms with Crippen molar-refractivity contribution in [3.05, 3.63) is 11.1 Å². The summed E-state index contributed by atoms with van der Waals surface area (Å²) in [5.74, 6) is 0.